The van der Waals surface area contributed by atoms with Crippen LogP contribution in [-0.4, -0.2) is 22.8 Å². The van der Waals surface area contributed by atoms with Crippen molar-refractivity contribution in [2.45, 2.75) is 63.1 Å². The van der Waals surface area contributed by atoms with E-state index in [9.17, 15) is 9.59 Å². The minimum atomic E-state index is -0.357. The molecule has 5 rings (SSSR count). The molecule has 1 amide bonds. The van der Waals surface area contributed by atoms with E-state index in [1.54, 1.807) is 6.07 Å². The van der Waals surface area contributed by atoms with Crippen molar-refractivity contribution in [3.8, 4) is 0 Å². The zero-order valence-corrected chi connectivity index (χ0v) is 18.8. The monoisotopic (exact) mass is 467 g/mol. The van der Waals surface area contributed by atoms with Gasteiger partial charge in [0.15, 0.2) is 6.61 Å². The summed E-state index contributed by atoms with van der Waals surface area (Å²) in [5, 5.41) is 3.26. The van der Waals surface area contributed by atoms with Crippen molar-refractivity contribution in [3.05, 3.63) is 28.3 Å². The third-order valence-corrected chi connectivity index (χ3v) is 7.92. The Bertz CT molecular complexity index is 787. The van der Waals surface area contributed by atoms with E-state index in [4.69, 9.17) is 16.3 Å². The van der Waals surface area contributed by atoms with Crippen molar-refractivity contribution < 1.29 is 14.3 Å². The second-order valence-corrected chi connectivity index (χ2v) is 11.5. The normalized spacial score (nSPS) is 33.0. The molecule has 0 unspecified atom stereocenters. The van der Waals surface area contributed by atoms with E-state index in [-0.39, 0.29) is 28.2 Å². The number of alkyl halides is 1. The van der Waals surface area contributed by atoms with Crippen molar-refractivity contribution in [3.63, 3.8) is 0 Å². The molecule has 4 bridgehead atoms. The summed E-state index contributed by atoms with van der Waals surface area (Å²) in [7, 11) is 0. The third kappa shape index (κ3) is 4.11. The van der Waals surface area contributed by atoms with Crippen molar-refractivity contribution in [1.29, 1.82) is 0 Å². The molecule has 6 heteroatoms. The van der Waals surface area contributed by atoms with Gasteiger partial charge in [0.2, 0.25) is 0 Å². The van der Waals surface area contributed by atoms with Crippen LogP contribution in [0.25, 0.3) is 0 Å². The topological polar surface area (TPSA) is 55.4 Å². The average molecular weight is 469 g/mol. The zero-order chi connectivity index (χ0) is 20.1. The van der Waals surface area contributed by atoms with Crippen LogP contribution in [0.15, 0.2) is 12.1 Å². The smallest absolute Gasteiger partial charge is 0.306 e. The maximum Gasteiger partial charge on any atom is 0.306 e. The molecule has 2 atom stereocenters. The van der Waals surface area contributed by atoms with Gasteiger partial charge in [0.1, 0.15) is 0 Å². The molecule has 0 aliphatic heterocycles. The molecule has 1 N–H and O–H groups in total. The van der Waals surface area contributed by atoms with Gasteiger partial charge in [-0.25, -0.2) is 0 Å². The highest BCUT2D eigenvalue weighted by atomic mass is 79.9. The van der Waals surface area contributed by atoms with Crippen LogP contribution in [-0.2, 0) is 14.3 Å². The summed E-state index contributed by atoms with van der Waals surface area (Å²) >= 11 is 10.2. The minimum absolute atomic E-state index is 0.0536. The predicted molar refractivity (Wildman–Crippen MR) is 114 cm³/mol. The van der Waals surface area contributed by atoms with Gasteiger partial charge in [0.25, 0.3) is 5.91 Å². The van der Waals surface area contributed by atoms with Crippen LogP contribution in [0.5, 0.6) is 0 Å². The van der Waals surface area contributed by atoms with E-state index in [2.05, 4.69) is 21.2 Å². The molecule has 4 nitrogen and oxygen atoms in total. The van der Waals surface area contributed by atoms with E-state index in [0.29, 0.717) is 17.1 Å². The Kier molecular flexibility index (Phi) is 5.28. The molecule has 0 aromatic heterocycles. The van der Waals surface area contributed by atoms with Gasteiger partial charge in [0.05, 0.1) is 17.1 Å². The van der Waals surface area contributed by atoms with Gasteiger partial charge in [-0.1, -0.05) is 33.6 Å². The Morgan fingerprint density at radius 1 is 1.21 bits per heavy atom. The number of esters is 1. The fourth-order valence-electron chi connectivity index (χ4n) is 6.30. The molecule has 4 aliphatic carbocycles. The highest BCUT2D eigenvalue weighted by Crippen LogP contribution is 2.65. The van der Waals surface area contributed by atoms with Crippen LogP contribution in [0.1, 0.15) is 56.1 Å². The lowest BCUT2D eigenvalue weighted by Gasteiger charge is -2.60. The summed E-state index contributed by atoms with van der Waals surface area (Å²) in [6, 6.07) is 3.76. The Balaban J connectivity index is 1.32. The quantitative estimate of drug-likeness (QED) is 0.454. The molecule has 0 spiro atoms. The molecule has 0 radical (unpaired) electrons. The van der Waals surface area contributed by atoms with Gasteiger partial charge in [0, 0.05) is 4.32 Å². The number of aryl methyl sites for hydroxylation is 2. The lowest BCUT2D eigenvalue weighted by molar-refractivity contribution is -0.153. The second kappa shape index (κ2) is 7.32. The highest BCUT2D eigenvalue weighted by molar-refractivity contribution is 9.10. The fraction of sp³-hybridized carbons (Fsp3) is 0.636. The van der Waals surface area contributed by atoms with Crippen LogP contribution < -0.4 is 5.32 Å². The maximum absolute atomic E-state index is 12.5. The third-order valence-electron chi connectivity index (χ3n) is 6.69. The van der Waals surface area contributed by atoms with Crippen LogP contribution in [0.2, 0.25) is 5.02 Å². The van der Waals surface area contributed by atoms with Crippen LogP contribution >= 0.6 is 27.5 Å². The summed E-state index contributed by atoms with van der Waals surface area (Å²) in [6.45, 7) is 3.57. The van der Waals surface area contributed by atoms with Gasteiger partial charge < -0.3 is 10.1 Å². The Morgan fingerprint density at radius 3 is 2.50 bits per heavy atom. The number of amides is 1. The molecule has 152 valence electrons. The van der Waals surface area contributed by atoms with Gasteiger partial charge in [-0.05, 0) is 86.8 Å². The molecule has 28 heavy (non-hydrogen) atoms. The highest BCUT2D eigenvalue weighted by Gasteiger charge is 2.57. The zero-order valence-electron chi connectivity index (χ0n) is 16.4. The number of nitrogens with one attached hydrogen (secondary N) is 1. The Morgan fingerprint density at radius 2 is 1.89 bits per heavy atom. The summed E-state index contributed by atoms with van der Waals surface area (Å²) in [5.41, 5.74) is 2.56. The van der Waals surface area contributed by atoms with Gasteiger partial charge in [-0.15, -0.1) is 0 Å². The molecule has 4 aliphatic rings. The molecule has 4 fully saturated rings. The lowest BCUT2D eigenvalue weighted by atomic mass is 9.49. The number of hydrogen-bond acceptors (Lipinski definition) is 3. The number of benzene rings is 1. The number of ether oxygens (including phenoxy) is 1. The number of hydrogen-bond donors (Lipinski definition) is 1. The van der Waals surface area contributed by atoms with E-state index in [0.717, 1.165) is 42.2 Å². The van der Waals surface area contributed by atoms with Gasteiger partial charge >= 0.3 is 5.97 Å². The summed E-state index contributed by atoms with van der Waals surface area (Å²) in [6.07, 6.45) is 7.49. The summed E-state index contributed by atoms with van der Waals surface area (Å²) < 4.78 is 5.56. The Labute approximate surface area is 179 Å². The number of anilines is 1. The van der Waals surface area contributed by atoms with Crippen LogP contribution in [0, 0.1) is 31.1 Å². The lowest BCUT2D eigenvalue weighted by Crippen LogP contribution is -2.53. The standard InChI is InChI=1S/C22H27BrClNO3/c1-13-3-14(2)20(17(24)4-13)25-18(26)11-28-19(27)10-21-6-15-5-16(7-21)9-22(23,8-15)12-21/h3-4,15-16H,5-12H2,1-2H3,(H,25,26)/t15-,16-,21?,22?/m1/s1. The van der Waals surface area contributed by atoms with E-state index in [1.165, 1.54) is 19.3 Å². The molecular weight excluding hydrogens is 442 g/mol. The number of carbonyl (C=O) groups excluding carboxylic acids is 2. The van der Waals surface area contributed by atoms with Crippen molar-refractivity contribution in [2.24, 2.45) is 17.3 Å². The predicted octanol–water partition coefficient (Wildman–Crippen LogP) is 5.56. The van der Waals surface area contributed by atoms with Crippen molar-refractivity contribution in [1.82, 2.24) is 0 Å². The van der Waals surface area contributed by atoms with Crippen LogP contribution in [0.3, 0.4) is 0 Å². The van der Waals surface area contributed by atoms with Crippen molar-refractivity contribution in [2.75, 3.05) is 11.9 Å². The largest absolute Gasteiger partial charge is 0.456 e. The molecule has 4 saturated carbocycles. The van der Waals surface area contributed by atoms with E-state index >= 15 is 0 Å². The number of halogens is 2. The number of carbonyl (C=O) groups is 2. The summed E-state index contributed by atoms with van der Waals surface area (Å²) in [5.74, 6) is 0.830. The first-order chi connectivity index (χ1) is 13.2. The first-order valence-electron chi connectivity index (χ1n) is 10.1. The van der Waals surface area contributed by atoms with Gasteiger partial charge in [-0.3, -0.25) is 9.59 Å². The average Bonchev–Trinajstić information content (AvgIpc) is 2.53. The Hall–Kier alpha value is -1.07. The molecular formula is C22H27BrClNO3. The van der Waals surface area contributed by atoms with Gasteiger partial charge in [-0.2, -0.15) is 0 Å². The second-order valence-electron chi connectivity index (χ2n) is 9.44. The molecule has 0 heterocycles. The number of rotatable bonds is 5. The minimum Gasteiger partial charge on any atom is -0.456 e. The fourth-order valence-corrected chi connectivity index (χ4v) is 8.17. The first kappa shape index (κ1) is 20.2. The van der Waals surface area contributed by atoms with Crippen LogP contribution in [0.4, 0.5) is 5.69 Å². The maximum atomic E-state index is 12.5. The molecule has 0 saturated heterocycles. The van der Waals surface area contributed by atoms with Crippen molar-refractivity contribution >= 4 is 45.1 Å². The van der Waals surface area contributed by atoms with E-state index < -0.39 is 0 Å². The molecule has 1 aromatic rings. The first-order valence-corrected chi connectivity index (χ1v) is 11.2. The summed E-state index contributed by atoms with van der Waals surface area (Å²) in [4.78, 5) is 24.8. The van der Waals surface area contributed by atoms with E-state index in [1.807, 2.05) is 19.9 Å². The molecule has 1 aromatic carbocycles. The SMILES string of the molecule is Cc1cc(C)c(NC(=O)COC(=O)CC23C[C@H]4C[C@@H](CC(Br)(C4)C2)C3)c(Cl)c1.